The van der Waals surface area contributed by atoms with Gasteiger partial charge in [0.1, 0.15) is 0 Å². The summed E-state index contributed by atoms with van der Waals surface area (Å²) in [5, 5.41) is 7.40. The molecule has 0 aliphatic heterocycles. The van der Waals surface area contributed by atoms with E-state index in [0.29, 0.717) is 30.1 Å². The summed E-state index contributed by atoms with van der Waals surface area (Å²) < 4.78 is 3.25. The molecule has 3 aromatic rings. The third-order valence-electron chi connectivity index (χ3n) is 5.09. The summed E-state index contributed by atoms with van der Waals surface area (Å²) in [7, 11) is 0. The molecule has 0 saturated carbocycles. The number of allylic oxidation sites excluding steroid dienone is 1. The second kappa shape index (κ2) is 8.86. The van der Waals surface area contributed by atoms with Crippen molar-refractivity contribution in [2.24, 2.45) is 0 Å². The largest absolute Gasteiger partial charge is 0.354 e. The lowest BCUT2D eigenvalue weighted by atomic mass is 10.1. The lowest BCUT2D eigenvalue weighted by Crippen LogP contribution is -2.33. The number of carbonyl (C=O) groups is 1. The molecule has 7 heteroatoms. The van der Waals surface area contributed by atoms with Gasteiger partial charge in [-0.1, -0.05) is 43.3 Å². The lowest BCUT2D eigenvalue weighted by molar-refractivity contribution is -0.121. The molecule has 1 aromatic carbocycles. The maximum Gasteiger partial charge on any atom is 0.279 e. The third-order valence-corrected chi connectivity index (χ3v) is 5.09. The summed E-state index contributed by atoms with van der Waals surface area (Å²) in [5.74, 6) is 0.905. The van der Waals surface area contributed by atoms with Gasteiger partial charge in [-0.25, -0.2) is 0 Å². The topological polar surface area (TPSA) is 81.3 Å². The number of amides is 1. The average Bonchev–Trinajstić information content (AvgIpc) is 3.17. The molecule has 7 nitrogen and oxygen atoms in total. The van der Waals surface area contributed by atoms with Gasteiger partial charge in [0.15, 0.2) is 5.82 Å². The number of carbonyl (C=O) groups excluding carboxylic acids is 1. The Balaban J connectivity index is 2.03. The smallest absolute Gasteiger partial charge is 0.279 e. The SMILES string of the molecule is C=CCn1c(C)c(CCC(=O)N[C@@H](C)CC)c(=O)n2nc(-c3ccccc3)nc12. The Morgan fingerprint density at radius 3 is 2.69 bits per heavy atom. The van der Waals surface area contributed by atoms with Crippen molar-refractivity contribution in [2.45, 2.75) is 52.6 Å². The number of nitrogens with zero attached hydrogens (tertiary/aromatic N) is 4. The van der Waals surface area contributed by atoms with Crippen LogP contribution in [0.5, 0.6) is 0 Å². The van der Waals surface area contributed by atoms with Gasteiger partial charge in [-0.05, 0) is 26.7 Å². The van der Waals surface area contributed by atoms with Crippen LogP contribution >= 0.6 is 0 Å². The molecule has 1 atom stereocenters. The van der Waals surface area contributed by atoms with Crippen molar-refractivity contribution in [3.05, 3.63) is 64.6 Å². The molecule has 29 heavy (non-hydrogen) atoms. The number of nitrogens with one attached hydrogen (secondary N) is 1. The first-order valence-electron chi connectivity index (χ1n) is 9.91. The van der Waals surface area contributed by atoms with Crippen molar-refractivity contribution in [2.75, 3.05) is 0 Å². The molecule has 0 aliphatic carbocycles. The Morgan fingerprint density at radius 2 is 2.03 bits per heavy atom. The van der Waals surface area contributed by atoms with Crippen LogP contribution in [0.25, 0.3) is 17.2 Å². The van der Waals surface area contributed by atoms with Crippen LogP contribution in [-0.2, 0) is 17.8 Å². The molecule has 0 unspecified atom stereocenters. The molecule has 152 valence electrons. The molecule has 0 bridgehead atoms. The van der Waals surface area contributed by atoms with Crippen molar-refractivity contribution in [1.82, 2.24) is 24.5 Å². The highest BCUT2D eigenvalue weighted by atomic mass is 16.1. The van der Waals surface area contributed by atoms with E-state index in [4.69, 9.17) is 0 Å². The van der Waals surface area contributed by atoms with Gasteiger partial charge in [-0.15, -0.1) is 11.7 Å². The van der Waals surface area contributed by atoms with E-state index in [-0.39, 0.29) is 23.9 Å². The summed E-state index contributed by atoms with van der Waals surface area (Å²) in [5.41, 5.74) is 1.96. The van der Waals surface area contributed by atoms with Crippen LogP contribution in [0.15, 0.2) is 47.8 Å². The van der Waals surface area contributed by atoms with Crippen LogP contribution in [-0.4, -0.2) is 31.1 Å². The van der Waals surface area contributed by atoms with Gasteiger partial charge in [0.2, 0.25) is 11.7 Å². The maximum absolute atomic E-state index is 13.1. The van der Waals surface area contributed by atoms with Crippen molar-refractivity contribution in [3.8, 4) is 11.4 Å². The van der Waals surface area contributed by atoms with E-state index in [0.717, 1.165) is 17.7 Å². The van der Waals surface area contributed by atoms with Gasteiger partial charge in [0.25, 0.3) is 5.56 Å². The van der Waals surface area contributed by atoms with Crippen LogP contribution < -0.4 is 10.9 Å². The quantitative estimate of drug-likeness (QED) is 0.597. The number of hydrogen-bond acceptors (Lipinski definition) is 4. The second-order valence-electron chi connectivity index (χ2n) is 7.16. The zero-order valence-electron chi connectivity index (χ0n) is 17.2. The number of rotatable bonds is 8. The summed E-state index contributed by atoms with van der Waals surface area (Å²) >= 11 is 0. The van der Waals surface area contributed by atoms with Gasteiger partial charge in [-0.2, -0.15) is 9.50 Å². The van der Waals surface area contributed by atoms with Gasteiger partial charge >= 0.3 is 0 Å². The van der Waals surface area contributed by atoms with Crippen LogP contribution in [0.1, 0.15) is 37.9 Å². The Bertz CT molecular complexity index is 1080. The molecule has 2 aromatic heterocycles. The molecule has 2 heterocycles. The fourth-order valence-electron chi connectivity index (χ4n) is 3.24. The fourth-order valence-corrected chi connectivity index (χ4v) is 3.24. The average molecular weight is 393 g/mol. The normalized spacial score (nSPS) is 12.1. The predicted octanol–water partition coefficient (Wildman–Crippen LogP) is 2.90. The molecule has 0 aliphatic rings. The summed E-state index contributed by atoms with van der Waals surface area (Å²) in [4.78, 5) is 29.9. The number of hydrogen-bond donors (Lipinski definition) is 1. The Kier molecular flexibility index (Phi) is 6.26. The standard InChI is InChI=1S/C22H27N5O2/c1-5-14-26-16(4)18(12-13-19(28)23-15(3)6-2)21(29)27-22(26)24-20(25-27)17-10-8-7-9-11-17/h5,7-11,15H,1,6,12-14H2,2-4H3,(H,23,28)/t15-/m0/s1. The Labute approximate surface area is 170 Å². The van der Waals surface area contributed by atoms with Crippen LogP contribution in [0.2, 0.25) is 0 Å². The van der Waals surface area contributed by atoms with Crippen molar-refractivity contribution in [1.29, 1.82) is 0 Å². The molecule has 0 radical (unpaired) electrons. The highest BCUT2D eigenvalue weighted by Crippen LogP contribution is 2.17. The van der Waals surface area contributed by atoms with Gasteiger partial charge < -0.3 is 9.88 Å². The molecule has 1 N–H and O–H groups in total. The monoisotopic (exact) mass is 393 g/mol. The minimum absolute atomic E-state index is 0.0583. The highest BCUT2D eigenvalue weighted by Gasteiger charge is 2.19. The van der Waals surface area contributed by atoms with Gasteiger partial charge in [0, 0.05) is 35.8 Å². The summed E-state index contributed by atoms with van der Waals surface area (Å²) in [6.07, 6.45) is 3.22. The molecule has 0 spiro atoms. The summed E-state index contributed by atoms with van der Waals surface area (Å²) in [6, 6.07) is 9.66. The minimum atomic E-state index is -0.233. The minimum Gasteiger partial charge on any atom is -0.354 e. The van der Waals surface area contributed by atoms with E-state index in [9.17, 15) is 9.59 Å². The van der Waals surface area contributed by atoms with E-state index in [1.54, 1.807) is 6.08 Å². The van der Waals surface area contributed by atoms with E-state index < -0.39 is 0 Å². The summed E-state index contributed by atoms with van der Waals surface area (Å²) in [6.45, 7) is 10.2. The van der Waals surface area contributed by atoms with Crippen LogP contribution in [0, 0.1) is 6.92 Å². The molecule has 0 saturated heterocycles. The Hall–Kier alpha value is -3.22. The first-order chi connectivity index (χ1) is 14.0. The highest BCUT2D eigenvalue weighted by molar-refractivity contribution is 5.76. The lowest BCUT2D eigenvalue weighted by Gasteiger charge is -2.15. The van der Waals surface area contributed by atoms with E-state index in [1.807, 2.05) is 55.7 Å². The third kappa shape index (κ3) is 4.29. The predicted molar refractivity (Wildman–Crippen MR) is 114 cm³/mol. The second-order valence-corrected chi connectivity index (χ2v) is 7.16. The van der Waals surface area contributed by atoms with E-state index in [1.165, 1.54) is 4.52 Å². The molecule has 3 rings (SSSR count). The van der Waals surface area contributed by atoms with Crippen molar-refractivity contribution < 1.29 is 4.79 Å². The van der Waals surface area contributed by atoms with E-state index >= 15 is 0 Å². The van der Waals surface area contributed by atoms with Crippen LogP contribution in [0.4, 0.5) is 0 Å². The van der Waals surface area contributed by atoms with E-state index in [2.05, 4.69) is 22.0 Å². The molecule has 0 fully saturated rings. The van der Waals surface area contributed by atoms with Crippen molar-refractivity contribution >= 4 is 11.7 Å². The number of aromatic nitrogens is 4. The first-order valence-corrected chi connectivity index (χ1v) is 9.91. The van der Waals surface area contributed by atoms with Crippen LogP contribution in [0.3, 0.4) is 0 Å². The zero-order valence-corrected chi connectivity index (χ0v) is 17.2. The molecular weight excluding hydrogens is 366 g/mol. The number of benzene rings is 1. The fraction of sp³-hybridized carbons (Fsp3) is 0.364. The zero-order chi connectivity index (χ0) is 21.0. The molecule has 1 amide bonds. The molecular formula is C22H27N5O2. The number of fused-ring (bicyclic) bond motifs is 1. The first kappa shape index (κ1) is 20.5. The van der Waals surface area contributed by atoms with Crippen molar-refractivity contribution in [3.63, 3.8) is 0 Å². The van der Waals surface area contributed by atoms with Gasteiger partial charge in [-0.3, -0.25) is 9.59 Å². The van der Waals surface area contributed by atoms with Gasteiger partial charge in [0.05, 0.1) is 0 Å². The Morgan fingerprint density at radius 1 is 1.31 bits per heavy atom. The maximum atomic E-state index is 13.1.